The zero-order valence-electron chi connectivity index (χ0n) is 13.0. The summed E-state index contributed by atoms with van der Waals surface area (Å²) in [7, 11) is 1.99. The number of hydrogen-bond donors (Lipinski definition) is 0. The van der Waals surface area contributed by atoms with E-state index in [1.807, 2.05) is 23.3 Å². The molecule has 0 saturated heterocycles. The van der Waals surface area contributed by atoms with Crippen LogP contribution in [0.2, 0.25) is 0 Å². The lowest BCUT2D eigenvalue weighted by Crippen LogP contribution is -2.18. The maximum atomic E-state index is 4.92. The van der Waals surface area contributed by atoms with Crippen LogP contribution in [0, 0.1) is 6.92 Å². The van der Waals surface area contributed by atoms with Crippen LogP contribution in [-0.2, 0) is 13.6 Å². The van der Waals surface area contributed by atoms with Crippen LogP contribution in [0.4, 0.5) is 0 Å². The fourth-order valence-corrected chi connectivity index (χ4v) is 3.87. The molecule has 2 heterocycles. The Bertz CT molecular complexity index is 673. The Kier molecular flexibility index (Phi) is 4.24. The minimum atomic E-state index is 0.482. The molecule has 0 aromatic carbocycles. The zero-order valence-corrected chi connectivity index (χ0v) is 13.9. The molecule has 0 N–H and O–H groups in total. The molecule has 0 atom stereocenters. The van der Waals surface area contributed by atoms with E-state index in [0.29, 0.717) is 6.04 Å². The topological polar surface area (TPSA) is 48.0 Å². The Morgan fingerprint density at radius 3 is 2.76 bits per heavy atom. The van der Waals surface area contributed by atoms with Crippen molar-refractivity contribution >= 4 is 11.3 Å². The van der Waals surface area contributed by atoms with Crippen LogP contribution in [-0.4, -0.2) is 25.6 Å². The highest BCUT2D eigenvalue weighted by Gasteiger charge is 2.15. The molecule has 0 spiro atoms. The van der Waals surface area contributed by atoms with Crippen LogP contribution in [0.3, 0.4) is 0 Å². The largest absolute Gasteiger partial charge is 0.262 e. The number of rotatable bonds is 3. The minimum Gasteiger partial charge on any atom is -0.262 e. The second-order valence-electron chi connectivity index (χ2n) is 5.72. The van der Waals surface area contributed by atoms with Gasteiger partial charge in [-0.1, -0.05) is 30.6 Å². The standard InChI is InChI=1S/C15H23N5S/c1-4-20-13(10-11(2)17-20)14-18-19(3)15(21-14)16-12-8-6-5-7-9-12/h10,12H,4-9H2,1-3H3. The van der Waals surface area contributed by atoms with Gasteiger partial charge < -0.3 is 0 Å². The van der Waals surface area contributed by atoms with E-state index in [2.05, 4.69) is 23.2 Å². The van der Waals surface area contributed by atoms with Crippen molar-refractivity contribution in [3.05, 3.63) is 16.6 Å². The molecule has 114 valence electrons. The van der Waals surface area contributed by atoms with Gasteiger partial charge in [-0.2, -0.15) is 10.2 Å². The lowest BCUT2D eigenvalue weighted by atomic mass is 9.96. The maximum Gasteiger partial charge on any atom is 0.203 e. The third-order valence-corrected chi connectivity index (χ3v) is 5.03. The molecule has 0 amide bonds. The van der Waals surface area contributed by atoms with E-state index in [4.69, 9.17) is 4.99 Å². The summed E-state index contributed by atoms with van der Waals surface area (Å²) >= 11 is 1.67. The van der Waals surface area contributed by atoms with E-state index in [1.165, 1.54) is 32.1 Å². The van der Waals surface area contributed by atoms with Crippen molar-refractivity contribution in [2.24, 2.45) is 12.0 Å². The number of nitrogens with zero attached hydrogens (tertiary/aromatic N) is 5. The van der Waals surface area contributed by atoms with Crippen molar-refractivity contribution in [2.45, 2.75) is 58.5 Å². The number of hydrogen-bond acceptors (Lipinski definition) is 4. The van der Waals surface area contributed by atoms with Gasteiger partial charge in [-0.3, -0.25) is 9.67 Å². The van der Waals surface area contributed by atoms with Gasteiger partial charge in [0, 0.05) is 13.6 Å². The highest BCUT2D eigenvalue weighted by atomic mass is 32.1. The summed E-state index contributed by atoms with van der Waals surface area (Å²) in [5.41, 5.74) is 2.14. The summed E-state index contributed by atoms with van der Waals surface area (Å²) in [6, 6.07) is 2.59. The zero-order chi connectivity index (χ0) is 14.8. The first kappa shape index (κ1) is 14.5. The van der Waals surface area contributed by atoms with Gasteiger partial charge in [-0.05, 0) is 32.8 Å². The Hall–Kier alpha value is -1.43. The minimum absolute atomic E-state index is 0.482. The first-order valence-corrected chi connectivity index (χ1v) is 8.62. The van der Waals surface area contributed by atoms with Gasteiger partial charge in [0.1, 0.15) is 0 Å². The van der Waals surface area contributed by atoms with E-state index < -0.39 is 0 Å². The van der Waals surface area contributed by atoms with E-state index >= 15 is 0 Å². The molecule has 0 radical (unpaired) electrons. The number of aromatic nitrogens is 4. The van der Waals surface area contributed by atoms with Gasteiger partial charge in [0.25, 0.3) is 0 Å². The second-order valence-corrected chi connectivity index (χ2v) is 6.68. The summed E-state index contributed by atoms with van der Waals surface area (Å²) < 4.78 is 3.93. The third kappa shape index (κ3) is 3.10. The molecule has 1 aliphatic rings. The fourth-order valence-electron chi connectivity index (χ4n) is 2.89. The van der Waals surface area contributed by atoms with Crippen molar-refractivity contribution < 1.29 is 0 Å². The Morgan fingerprint density at radius 2 is 2.05 bits per heavy atom. The molecular formula is C15H23N5S. The van der Waals surface area contributed by atoms with Gasteiger partial charge in [-0.15, -0.1) is 0 Å². The Labute approximate surface area is 129 Å². The first-order valence-electron chi connectivity index (χ1n) is 7.80. The Morgan fingerprint density at radius 1 is 1.29 bits per heavy atom. The molecule has 0 bridgehead atoms. The van der Waals surface area contributed by atoms with Crippen LogP contribution in [0.25, 0.3) is 10.7 Å². The van der Waals surface area contributed by atoms with Crippen LogP contribution < -0.4 is 4.80 Å². The van der Waals surface area contributed by atoms with Crippen molar-refractivity contribution in [3.8, 4) is 10.7 Å². The summed E-state index contributed by atoms with van der Waals surface area (Å²) in [5.74, 6) is 0. The highest BCUT2D eigenvalue weighted by molar-refractivity contribution is 7.12. The molecule has 2 aromatic rings. The average molecular weight is 305 g/mol. The first-order chi connectivity index (χ1) is 10.2. The predicted molar refractivity (Wildman–Crippen MR) is 85.2 cm³/mol. The number of aryl methyl sites for hydroxylation is 3. The summed E-state index contributed by atoms with van der Waals surface area (Å²) in [6.45, 7) is 5.00. The van der Waals surface area contributed by atoms with Gasteiger partial charge in [0.05, 0.1) is 17.4 Å². The fraction of sp³-hybridized carbons (Fsp3) is 0.667. The molecule has 6 heteroatoms. The maximum absolute atomic E-state index is 4.92. The van der Waals surface area contributed by atoms with Crippen molar-refractivity contribution in [1.29, 1.82) is 0 Å². The molecule has 1 aliphatic carbocycles. The van der Waals surface area contributed by atoms with Gasteiger partial charge in [0.2, 0.25) is 4.80 Å². The monoisotopic (exact) mass is 305 g/mol. The van der Waals surface area contributed by atoms with Crippen LogP contribution in [0.5, 0.6) is 0 Å². The van der Waals surface area contributed by atoms with Gasteiger partial charge >= 0.3 is 0 Å². The highest BCUT2D eigenvalue weighted by Crippen LogP contribution is 2.22. The summed E-state index contributed by atoms with van der Waals surface area (Å²) in [4.78, 5) is 5.94. The molecule has 1 fully saturated rings. The quantitative estimate of drug-likeness (QED) is 0.875. The predicted octanol–water partition coefficient (Wildman–Crippen LogP) is 2.91. The SMILES string of the molecule is CCn1nc(C)cc1-c1nn(C)c(=NC2CCCCC2)s1. The second kappa shape index (κ2) is 6.13. The molecule has 21 heavy (non-hydrogen) atoms. The smallest absolute Gasteiger partial charge is 0.203 e. The Balaban J connectivity index is 1.95. The van der Waals surface area contributed by atoms with Crippen LogP contribution in [0.1, 0.15) is 44.7 Å². The molecule has 3 rings (SSSR count). The van der Waals surface area contributed by atoms with Crippen LogP contribution >= 0.6 is 11.3 Å². The third-order valence-electron chi connectivity index (χ3n) is 3.99. The van der Waals surface area contributed by atoms with Crippen LogP contribution in [0.15, 0.2) is 11.1 Å². The molecular weight excluding hydrogens is 282 g/mol. The molecule has 2 aromatic heterocycles. The molecule has 0 aliphatic heterocycles. The average Bonchev–Trinajstić information content (AvgIpc) is 3.03. The van der Waals surface area contributed by atoms with E-state index in [0.717, 1.165) is 27.7 Å². The molecule has 1 saturated carbocycles. The summed E-state index contributed by atoms with van der Waals surface area (Å²) in [5, 5.41) is 10.2. The normalized spacial score (nSPS) is 17.6. The van der Waals surface area contributed by atoms with E-state index in [-0.39, 0.29) is 0 Å². The lowest BCUT2D eigenvalue weighted by Gasteiger charge is -2.16. The van der Waals surface area contributed by atoms with Crippen molar-refractivity contribution in [2.75, 3.05) is 0 Å². The van der Waals surface area contributed by atoms with Crippen molar-refractivity contribution in [3.63, 3.8) is 0 Å². The van der Waals surface area contributed by atoms with Crippen molar-refractivity contribution in [1.82, 2.24) is 19.6 Å². The van der Waals surface area contributed by atoms with E-state index in [1.54, 1.807) is 11.3 Å². The van der Waals surface area contributed by atoms with Gasteiger partial charge in [0.15, 0.2) is 5.01 Å². The van der Waals surface area contributed by atoms with Gasteiger partial charge in [-0.25, -0.2) is 4.68 Å². The molecule has 0 unspecified atom stereocenters. The summed E-state index contributed by atoms with van der Waals surface area (Å²) in [6.07, 6.45) is 6.43. The van der Waals surface area contributed by atoms with E-state index in [9.17, 15) is 0 Å². The lowest BCUT2D eigenvalue weighted by molar-refractivity contribution is 0.434. The molecule has 5 nitrogen and oxygen atoms in total.